The second kappa shape index (κ2) is 7.01. The molecular weight excluding hydrogens is 330 g/mol. The first-order valence-corrected chi connectivity index (χ1v) is 7.91. The maximum Gasteiger partial charge on any atom is 0.387 e. The van der Waals surface area contributed by atoms with Gasteiger partial charge in [0.25, 0.3) is 0 Å². The van der Waals surface area contributed by atoms with Crippen LogP contribution < -0.4 is 4.74 Å². The molecule has 0 fully saturated rings. The van der Waals surface area contributed by atoms with E-state index < -0.39 is 6.61 Å². The van der Waals surface area contributed by atoms with Gasteiger partial charge in [-0.1, -0.05) is 24.3 Å². The molecule has 0 aliphatic heterocycles. The van der Waals surface area contributed by atoms with Crippen LogP contribution in [0.1, 0.15) is 44.7 Å². The molecule has 0 saturated carbocycles. The number of ether oxygens (including phenoxy) is 1. The van der Waals surface area contributed by atoms with Gasteiger partial charge in [-0.3, -0.25) is 9.59 Å². The van der Waals surface area contributed by atoms with Crippen molar-refractivity contribution in [1.29, 1.82) is 0 Å². The summed E-state index contributed by atoms with van der Waals surface area (Å²) in [5, 5.41) is 9.30. The SMILES string of the molecule is O=C1CCc2c(O)cccc21.O=C1CCc2c(OC(F)F)cccc21. The molecule has 25 heavy (non-hydrogen) atoms. The van der Waals surface area contributed by atoms with Crippen molar-refractivity contribution < 1.29 is 28.2 Å². The number of benzene rings is 2. The molecule has 4 rings (SSSR count). The summed E-state index contributed by atoms with van der Waals surface area (Å²) < 4.78 is 28.3. The van der Waals surface area contributed by atoms with Crippen LogP contribution in [0.2, 0.25) is 0 Å². The highest BCUT2D eigenvalue weighted by Crippen LogP contribution is 2.31. The molecule has 2 aliphatic carbocycles. The van der Waals surface area contributed by atoms with Crippen molar-refractivity contribution in [3.63, 3.8) is 0 Å². The molecule has 0 amide bonds. The fourth-order valence-corrected chi connectivity index (χ4v) is 3.14. The van der Waals surface area contributed by atoms with Crippen molar-refractivity contribution in [3.05, 3.63) is 58.7 Å². The number of hydrogen-bond donors (Lipinski definition) is 1. The number of phenols is 1. The van der Waals surface area contributed by atoms with Gasteiger partial charge < -0.3 is 9.84 Å². The van der Waals surface area contributed by atoms with Gasteiger partial charge in [0.1, 0.15) is 11.5 Å². The monoisotopic (exact) mass is 346 g/mol. The van der Waals surface area contributed by atoms with E-state index in [9.17, 15) is 23.5 Å². The lowest BCUT2D eigenvalue weighted by Crippen LogP contribution is -2.04. The van der Waals surface area contributed by atoms with E-state index in [1.54, 1.807) is 30.3 Å². The molecule has 0 radical (unpaired) electrons. The average Bonchev–Trinajstić information content (AvgIpc) is 3.14. The first kappa shape index (κ1) is 17.1. The molecule has 2 aromatic rings. The number of carbonyl (C=O) groups is 2. The first-order chi connectivity index (χ1) is 12.0. The van der Waals surface area contributed by atoms with Gasteiger partial charge in [-0.15, -0.1) is 0 Å². The van der Waals surface area contributed by atoms with Crippen molar-refractivity contribution in [2.45, 2.75) is 32.3 Å². The molecule has 0 aromatic heterocycles. The number of hydrogen-bond acceptors (Lipinski definition) is 4. The van der Waals surface area contributed by atoms with Crippen LogP contribution in [0.3, 0.4) is 0 Å². The topological polar surface area (TPSA) is 63.6 Å². The molecule has 0 heterocycles. The van der Waals surface area contributed by atoms with E-state index in [4.69, 9.17) is 0 Å². The van der Waals surface area contributed by atoms with Gasteiger partial charge in [0, 0.05) is 35.1 Å². The molecule has 0 unspecified atom stereocenters. The first-order valence-electron chi connectivity index (χ1n) is 7.91. The van der Waals surface area contributed by atoms with E-state index in [2.05, 4.69) is 4.74 Å². The fourth-order valence-electron chi connectivity index (χ4n) is 3.14. The van der Waals surface area contributed by atoms with Gasteiger partial charge in [0.2, 0.25) is 0 Å². The number of aromatic hydroxyl groups is 1. The lowest BCUT2D eigenvalue weighted by Gasteiger charge is -2.08. The Morgan fingerprint density at radius 3 is 2.00 bits per heavy atom. The second-order valence-electron chi connectivity index (χ2n) is 5.81. The predicted octanol–water partition coefficient (Wildman–Crippen LogP) is 3.94. The molecule has 0 atom stereocenters. The van der Waals surface area contributed by atoms with Crippen molar-refractivity contribution in [2.24, 2.45) is 0 Å². The number of fused-ring (bicyclic) bond motifs is 2. The Morgan fingerprint density at radius 2 is 1.40 bits per heavy atom. The molecule has 6 heteroatoms. The highest BCUT2D eigenvalue weighted by atomic mass is 19.3. The van der Waals surface area contributed by atoms with Crippen molar-refractivity contribution in [2.75, 3.05) is 0 Å². The number of ketones is 2. The van der Waals surface area contributed by atoms with Crippen LogP contribution in [0.4, 0.5) is 8.78 Å². The van der Waals surface area contributed by atoms with E-state index in [1.807, 2.05) is 0 Å². The zero-order valence-electron chi connectivity index (χ0n) is 13.3. The minimum atomic E-state index is -2.84. The summed E-state index contributed by atoms with van der Waals surface area (Å²) in [7, 11) is 0. The summed E-state index contributed by atoms with van der Waals surface area (Å²) in [4.78, 5) is 22.4. The van der Waals surface area contributed by atoms with Crippen LogP contribution in [0.15, 0.2) is 36.4 Å². The molecule has 2 aromatic carbocycles. The van der Waals surface area contributed by atoms with Gasteiger partial charge in [0.05, 0.1) is 0 Å². The van der Waals surface area contributed by atoms with Crippen LogP contribution in [0, 0.1) is 0 Å². The smallest absolute Gasteiger partial charge is 0.387 e. The summed E-state index contributed by atoms with van der Waals surface area (Å²) in [6.07, 6.45) is 2.13. The van der Waals surface area contributed by atoms with Crippen LogP contribution in [-0.4, -0.2) is 23.3 Å². The summed E-state index contributed by atoms with van der Waals surface area (Å²) in [5.74, 6) is 0.535. The highest BCUT2D eigenvalue weighted by Gasteiger charge is 2.23. The number of carbonyl (C=O) groups excluding carboxylic acids is 2. The number of rotatable bonds is 2. The van der Waals surface area contributed by atoms with Crippen molar-refractivity contribution in [1.82, 2.24) is 0 Å². The Bertz CT molecular complexity index is 830. The minimum Gasteiger partial charge on any atom is -0.508 e. The number of phenolic OH excluding ortho intramolecular Hbond substituents is 1. The van der Waals surface area contributed by atoms with E-state index in [-0.39, 0.29) is 23.1 Å². The highest BCUT2D eigenvalue weighted by molar-refractivity contribution is 6.01. The van der Waals surface area contributed by atoms with Gasteiger partial charge in [-0.2, -0.15) is 8.78 Å². The molecule has 0 spiro atoms. The lowest BCUT2D eigenvalue weighted by molar-refractivity contribution is -0.0504. The van der Waals surface area contributed by atoms with Gasteiger partial charge in [0.15, 0.2) is 11.6 Å². The van der Waals surface area contributed by atoms with Crippen LogP contribution >= 0.6 is 0 Å². The number of alkyl halides is 2. The third-order valence-corrected chi connectivity index (χ3v) is 4.31. The van der Waals surface area contributed by atoms with Gasteiger partial charge >= 0.3 is 6.61 Å². The molecule has 0 saturated heterocycles. The Hall–Kier alpha value is -2.76. The van der Waals surface area contributed by atoms with E-state index >= 15 is 0 Å². The maximum atomic E-state index is 12.0. The lowest BCUT2D eigenvalue weighted by atomic mass is 10.1. The molecule has 130 valence electrons. The quantitative estimate of drug-likeness (QED) is 0.895. The van der Waals surface area contributed by atoms with E-state index in [0.29, 0.717) is 42.4 Å². The number of Topliss-reactive ketones (excluding diaryl/α,β-unsaturated/α-hetero) is 2. The number of halogens is 2. The molecule has 4 nitrogen and oxygen atoms in total. The predicted molar refractivity (Wildman–Crippen MR) is 86.5 cm³/mol. The minimum absolute atomic E-state index is 0.000263. The summed E-state index contributed by atoms with van der Waals surface area (Å²) >= 11 is 0. The summed E-state index contributed by atoms with van der Waals surface area (Å²) in [6.45, 7) is -2.84. The van der Waals surface area contributed by atoms with Crippen molar-refractivity contribution in [3.8, 4) is 11.5 Å². The molecular formula is C19H16F2O4. The maximum absolute atomic E-state index is 12.0. The van der Waals surface area contributed by atoms with Gasteiger partial charge in [-0.25, -0.2) is 0 Å². The molecule has 0 bridgehead atoms. The Morgan fingerprint density at radius 1 is 0.840 bits per heavy atom. The molecule has 1 N–H and O–H groups in total. The zero-order chi connectivity index (χ0) is 18.0. The van der Waals surface area contributed by atoms with Crippen LogP contribution in [-0.2, 0) is 12.8 Å². The fraction of sp³-hybridized carbons (Fsp3) is 0.263. The average molecular weight is 346 g/mol. The standard InChI is InChI=1S/C10H8F2O2.C9H8O2/c11-10(12)14-9-3-1-2-6-7(9)4-5-8(6)13;10-8-3-1-2-6-7(8)4-5-9(6)11/h1-3,10H,4-5H2;1-3,10H,4-5H2. The summed E-state index contributed by atoms with van der Waals surface area (Å²) in [6, 6.07) is 9.76. The Labute approximate surface area is 143 Å². The second-order valence-corrected chi connectivity index (χ2v) is 5.81. The zero-order valence-corrected chi connectivity index (χ0v) is 13.3. The van der Waals surface area contributed by atoms with Crippen molar-refractivity contribution >= 4 is 11.6 Å². The largest absolute Gasteiger partial charge is 0.508 e. The van der Waals surface area contributed by atoms with E-state index in [0.717, 1.165) is 5.56 Å². The Balaban J connectivity index is 0.000000150. The summed E-state index contributed by atoms with van der Waals surface area (Å²) in [5.41, 5.74) is 2.64. The normalized spacial score (nSPS) is 14.8. The third kappa shape index (κ3) is 3.52. The van der Waals surface area contributed by atoms with Crippen LogP contribution in [0.5, 0.6) is 11.5 Å². The Kier molecular flexibility index (Phi) is 4.79. The third-order valence-electron chi connectivity index (χ3n) is 4.31. The molecule has 2 aliphatic rings. The van der Waals surface area contributed by atoms with Crippen LogP contribution in [0.25, 0.3) is 0 Å². The van der Waals surface area contributed by atoms with E-state index in [1.165, 1.54) is 6.07 Å². The van der Waals surface area contributed by atoms with Gasteiger partial charge in [-0.05, 0) is 25.0 Å².